The normalized spacial score (nSPS) is 13.4. The summed E-state index contributed by atoms with van der Waals surface area (Å²) in [5, 5.41) is 6.13. The molecule has 122 valence electrons. The predicted octanol–water partition coefficient (Wildman–Crippen LogP) is 4.30. The summed E-state index contributed by atoms with van der Waals surface area (Å²) in [5.74, 6) is -1.93. The lowest BCUT2D eigenvalue weighted by Crippen LogP contribution is -2.39. The van der Waals surface area contributed by atoms with Gasteiger partial charge in [-0.15, -0.1) is 0 Å². The Morgan fingerprint density at radius 1 is 1.13 bits per heavy atom. The van der Waals surface area contributed by atoms with E-state index < -0.39 is 23.6 Å². The summed E-state index contributed by atoms with van der Waals surface area (Å²) >= 11 is 6.12. The van der Waals surface area contributed by atoms with Gasteiger partial charge in [-0.2, -0.15) is 0 Å². The highest BCUT2D eigenvalue weighted by atomic mass is 35.5. The molecule has 6 heteroatoms. The molecule has 0 saturated carbocycles. The number of carbonyl (C=O) groups excluding carboxylic acids is 1. The number of benzene rings is 2. The SMILES string of the molecule is CC(NC(C)c1ccccc1Cl)C(=O)Nc1ccc(F)cc1F. The van der Waals surface area contributed by atoms with E-state index in [4.69, 9.17) is 11.6 Å². The minimum absolute atomic E-state index is 0.0598. The highest BCUT2D eigenvalue weighted by Gasteiger charge is 2.18. The van der Waals surface area contributed by atoms with Crippen LogP contribution in [0.2, 0.25) is 5.02 Å². The van der Waals surface area contributed by atoms with E-state index in [0.29, 0.717) is 5.02 Å². The highest BCUT2D eigenvalue weighted by molar-refractivity contribution is 6.31. The van der Waals surface area contributed by atoms with Crippen molar-refractivity contribution in [3.05, 3.63) is 64.7 Å². The standard InChI is InChI=1S/C17H17ClF2N2O/c1-10(13-5-3-4-6-14(13)18)21-11(2)17(23)22-16-8-7-12(19)9-15(16)20/h3-11,21H,1-2H3,(H,22,23). The smallest absolute Gasteiger partial charge is 0.241 e. The average molecular weight is 339 g/mol. The van der Waals surface area contributed by atoms with Crippen molar-refractivity contribution in [3.63, 3.8) is 0 Å². The summed E-state index contributed by atoms with van der Waals surface area (Å²) in [4.78, 5) is 12.1. The van der Waals surface area contributed by atoms with Crippen LogP contribution in [0.25, 0.3) is 0 Å². The molecule has 0 heterocycles. The molecule has 2 aromatic carbocycles. The number of halogens is 3. The number of hydrogen-bond acceptors (Lipinski definition) is 2. The van der Waals surface area contributed by atoms with Crippen molar-refractivity contribution in [2.45, 2.75) is 25.9 Å². The van der Waals surface area contributed by atoms with E-state index in [1.54, 1.807) is 13.0 Å². The Bertz CT molecular complexity index is 709. The molecule has 3 nitrogen and oxygen atoms in total. The van der Waals surface area contributed by atoms with E-state index >= 15 is 0 Å². The molecule has 0 bridgehead atoms. The number of rotatable bonds is 5. The third kappa shape index (κ3) is 4.50. The summed E-state index contributed by atoms with van der Waals surface area (Å²) in [6.07, 6.45) is 0. The van der Waals surface area contributed by atoms with Crippen molar-refractivity contribution in [2.75, 3.05) is 5.32 Å². The van der Waals surface area contributed by atoms with Gasteiger partial charge in [0, 0.05) is 17.1 Å². The lowest BCUT2D eigenvalue weighted by molar-refractivity contribution is -0.118. The Labute approximate surface area is 138 Å². The van der Waals surface area contributed by atoms with Crippen LogP contribution in [0.15, 0.2) is 42.5 Å². The molecule has 0 aliphatic heterocycles. The largest absolute Gasteiger partial charge is 0.322 e. The Morgan fingerprint density at radius 2 is 1.83 bits per heavy atom. The van der Waals surface area contributed by atoms with Gasteiger partial charge in [0.15, 0.2) is 0 Å². The molecule has 0 saturated heterocycles. The van der Waals surface area contributed by atoms with Crippen LogP contribution in [0, 0.1) is 11.6 Å². The monoisotopic (exact) mass is 338 g/mol. The Balaban J connectivity index is 2.01. The molecule has 0 aromatic heterocycles. The number of hydrogen-bond donors (Lipinski definition) is 2. The first-order chi connectivity index (χ1) is 10.9. The first-order valence-electron chi connectivity index (χ1n) is 7.15. The maximum absolute atomic E-state index is 13.6. The summed E-state index contributed by atoms with van der Waals surface area (Å²) in [6.45, 7) is 3.54. The predicted molar refractivity (Wildman–Crippen MR) is 87.5 cm³/mol. The third-order valence-corrected chi connectivity index (χ3v) is 3.80. The Kier molecular flexibility index (Phi) is 5.69. The number of anilines is 1. The van der Waals surface area contributed by atoms with Crippen LogP contribution in [0.3, 0.4) is 0 Å². The summed E-state index contributed by atoms with van der Waals surface area (Å²) in [6, 6.07) is 9.56. The zero-order valence-electron chi connectivity index (χ0n) is 12.7. The van der Waals surface area contributed by atoms with Crippen LogP contribution in [0.5, 0.6) is 0 Å². The van der Waals surface area contributed by atoms with E-state index in [1.165, 1.54) is 6.07 Å². The summed E-state index contributed by atoms with van der Waals surface area (Å²) in [5.41, 5.74) is 0.803. The molecule has 1 amide bonds. The lowest BCUT2D eigenvalue weighted by Gasteiger charge is -2.21. The van der Waals surface area contributed by atoms with Crippen molar-refractivity contribution in [2.24, 2.45) is 0 Å². The molecule has 2 unspecified atom stereocenters. The molecule has 23 heavy (non-hydrogen) atoms. The van der Waals surface area contributed by atoms with Gasteiger partial charge in [-0.3, -0.25) is 10.1 Å². The third-order valence-electron chi connectivity index (χ3n) is 3.45. The minimum atomic E-state index is -0.815. The molecule has 0 aliphatic carbocycles. The Hall–Kier alpha value is -1.98. The average Bonchev–Trinajstić information content (AvgIpc) is 2.50. The van der Waals surface area contributed by atoms with Gasteiger partial charge < -0.3 is 5.32 Å². The van der Waals surface area contributed by atoms with Crippen molar-refractivity contribution in [1.82, 2.24) is 5.32 Å². The molecule has 2 rings (SSSR count). The summed E-state index contributed by atoms with van der Waals surface area (Å²) < 4.78 is 26.4. The van der Waals surface area contributed by atoms with Gasteiger partial charge >= 0.3 is 0 Å². The van der Waals surface area contributed by atoms with E-state index in [1.807, 2.05) is 25.1 Å². The van der Waals surface area contributed by atoms with Gasteiger partial charge in [-0.25, -0.2) is 8.78 Å². The highest BCUT2D eigenvalue weighted by Crippen LogP contribution is 2.22. The molecule has 0 spiro atoms. The first kappa shape index (κ1) is 17.4. The zero-order valence-corrected chi connectivity index (χ0v) is 13.5. The number of carbonyl (C=O) groups is 1. The van der Waals surface area contributed by atoms with Crippen LogP contribution in [0.4, 0.5) is 14.5 Å². The zero-order chi connectivity index (χ0) is 17.0. The van der Waals surface area contributed by atoms with Gasteiger partial charge in [-0.1, -0.05) is 29.8 Å². The fraction of sp³-hybridized carbons (Fsp3) is 0.235. The molecule has 2 atom stereocenters. The van der Waals surface area contributed by atoms with Crippen molar-refractivity contribution < 1.29 is 13.6 Å². The van der Waals surface area contributed by atoms with Crippen LogP contribution in [-0.4, -0.2) is 11.9 Å². The first-order valence-corrected chi connectivity index (χ1v) is 7.52. The maximum atomic E-state index is 13.6. The molecule has 0 fully saturated rings. The fourth-order valence-corrected chi connectivity index (χ4v) is 2.50. The minimum Gasteiger partial charge on any atom is -0.322 e. The van der Waals surface area contributed by atoms with Crippen LogP contribution < -0.4 is 10.6 Å². The molecule has 2 N–H and O–H groups in total. The van der Waals surface area contributed by atoms with E-state index in [0.717, 1.165) is 17.7 Å². The van der Waals surface area contributed by atoms with Crippen LogP contribution >= 0.6 is 11.6 Å². The molecular weight excluding hydrogens is 322 g/mol. The van der Waals surface area contributed by atoms with Gasteiger partial charge in [0.2, 0.25) is 5.91 Å². The fourth-order valence-electron chi connectivity index (χ4n) is 2.20. The topological polar surface area (TPSA) is 41.1 Å². The lowest BCUT2D eigenvalue weighted by atomic mass is 10.1. The second-order valence-corrected chi connectivity index (χ2v) is 5.65. The quantitative estimate of drug-likeness (QED) is 0.853. The molecule has 0 radical (unpaired) electrons. The van der Waals surface area contributed by atoms with E-state index in [-0.39, 0.29) is 11.7 Å². The van der Waals surface area contributed by atoms with Crippen molar-refractivity contribution in [1.29, 1.82) is 0 Å². The second kappa shape index (κ2) is 7.53. The second-order valence-electron chi connectivity index (χ2n) is 5.24. The molecular formula is C17H17ClF2N2O. The van der Waals surface area contributed by atoms with E-state index in [9.17, 15) is 13.6 Å². The maximum Gasteiger partial charge on any atom is 0.241 e. The van der Waals surface area contributed by atoms with Gasteiger partial charge in [0.1, 0.15) is 11.6 Å². The van der Waals surface area contributed by atoms with Crippen LogP contribution in [0.1, 0.15) is 25.5 Å². The van der Waals surface area contributed by atoms with Crippen molar-refractivity contribution >= 4 is 23.2 Å². The molecule has 2 aromatic rings. The van der Waals surface area contributed by atoms with E-state index in [2.05, 4.69) is 10.6 Å². The number of nitrogens with one attached hydrogen (secondary N) is 2. The molecule has 0 aliphatic rings. The van der Waals surface area contributed by atoms with Gasteiger partial charge in [0.25, 0.3) is 0 Å². The van der Waals surface area contributed by atoms with Crippen LogP contribution in [-0.2, 0) is 4.79 Å². The van der Waals surface area contributed by atoms with Crippen molar-refractivity contribution in [3.8, 4) is 0 Å². The number of amides is 1. The van der Waals surface area contributed by atoms with Gasteiger partial charge in [-0.05, 0) is 37.6 Å². The van der Waals surface area contributed by atoms with Gasteiger partial charge in [0.05, 0.1) is 11.7 Å². The Morgan fingerprint density at radius 3 is 2.48 bits per heavy atom. The summed E-state index contributed by atoms with van der Waals surface area (Å²) in [7, 11) is 0.